The molecule has 0 aliphatic carbocycles. The number of H-pyrrole nitrogens is 1. The predicted octanol–water partition coefficient (Wildman–Crippen LogP) is 0.431. The van der Waals surface area contributed by atoms with Crippen molar-refractivity contribution in [2.75, 3.05) is 19.7 Å². The molecule has 1 fully saturated rings. The summed E-state index contributed by atoms with van der Waals surface area (Å²) >= 11 is 0. The van der Waals surface area contributed by atoms with Crippen LogP contribution < -0.4 is 0 Å². The van der Waals surface area contributed by atoms with E-state index in [-0.39, 0.29) is 19.1 Å². The van der Waals surface area contributed by atoms with Gasteiger partial charge in [0.25, 0.3) is 5.91 Å². The molecule has 1 aliphatic heterocycles. The van der Waals surface area contributed by atoms with Crippen molar-refractivity contribution >= 4 is 5.91 Å². The second-order valence-corrected chi connectivity index (χ2v) is 5.62. The number of aliphatic hydroxyl groups excluding tert-OH is 1. The van der Waals surface area contributed by atoms with E-state index in [4.69, 9.17) is 0 Å². The van der Waals surface area contributed by atoms with Crippen LogP contribution in [-0.2, 0) is 0 Å². The molecule has 3 rings (SSSR count). The van der Waals surface area contributed by atoms with E-state index >= 15 is 0 Å². The smallest absolute Gasteiger partial charge is 0.253 e. The van der Waals surface area contributed by atoms with Gasteiger partial charge in [-0.15, -0.1) is 0 Å². The van der Waals surface area contributed by atoms with Gasteiger partial charge in [0.1, 0.15) is 11.9 Å². The van der Waals surface area contributed by atoms with Crippen molar-refractivity contribution in [2.45, 2.75) is 18.4 Å². The standard InChI is InChI=1S/C15H18N4O3/c20-9-15(22)6-1-7-19(8-15)14(21)12-4-2-11(3-5-12)13-16-10-17-18-13/h2-5,10,20,22H,1,6-9H2,(H,16,17,18). The molecule has 1 saturated heterocycles. The summed E-state index contributed by atoms with van der Waals surface area (Å²) in [6.07, 6.45) is 2.62. The highest BCUT2D eigenvalue weighted by molar-refractivity contribution is 5.94. The van der Waals surface area contributed by atoms with Crippen LogP contribution in [0.5, 0.6) is 0 Å². The van der Waals surface area contributed by atoms with Crippen molar-refractivity contribution in [3.63, 3.8) is 0 Å². The molecule has 1 amide bonds. The van der Waals surface area contributed by atoms with E-state index in [0.717, 1.165) is 5.56 Å². The molecule has 1 aromatic heterocycles. The first-order valence-electron chi connectivity index (χ1n) is 7.20. The van der Waals surface area contributed by atoms with Crippen LogP contribution in [0.15, 0.2) is 30.6 Å². The third-order valence-electron chi connectivity index (χ3n) is 3.96. The maximum atomic E-state index is 12.5. The number of likely N-dealkylation sites (tertiary alicyclic amines) is 1. The number of aromatic nitrogens is 3. The fourth-order valence-corrected chi connectivity index (χ4v) is 2.71. The Labute approximate surface area is 127 Å². The van der Waals surface area contributed by atoms with Gasteiger partial charge in [-0.1, -0.05) is 12.1 Å². The summed E-state index contributed by atoms with van der Waals surface area (Å²) in [7, 11) is 0. The quantitative estimate of drug-likeness (QED) is 0.763. The molecule has 22 heavy (non-hydrogen) atoms. The number of hydrogen-bond acceptors (Lipinski definition) is 5. The lowest BCUT2D eigenvalue weighted by Gasteiger charge is -2.38. The average Bonchev–Trinajstić information content (AvgIpc) is 3.09. The Hall–Kier alpha value is -2.25. The Morgan fingerprint density at radius 3 is 2.77 bits per heavy atom. The minimum absolute atomic E-state index is 0.143. The lowest BCUT2D eigenvalue weighted by Crippen LogP contribution is -2.52. The molecule has 7 heteroatoms. The van der Waals surface area contributed by atoms with Gasteiger partial charge in [0.2, 0.25) is 0 Å². The topological polar surface area (TPSA) is 102 Å². The summed E-state index contributed by atoms with van der Waals surface area (Å²) in [4.78, 5) is 18.1. The number of β-amino-alcohol motifs (C(OH)–C–C–N with tert-alkyl or cyclic N) is 1. The minimum atomic E-state index is -1.19. The van der Waals surface area contributed by atoms with Gasteiger partial charge in [0, 0.05) is 17.7 Å². The van der Waals surface area contributed by atoms with Crippen LogP contribution in [0.3, 0.4) is 0 Å². The molecule has 1 unspecified atom stereocenters. The van der Waals surface area contributed by atoms with Crippen molar-refractivity contribution in [1.82, 2.24) is 20.1 Å². The van der Waals surface area contributed by atoms with E-state index in [9.17, 15) is 15.0 Å². The van der Waals surface area contributed by atoms with Gasteiger partial charge in [-0.05, 0) is 25.0 Å². The Morgan fingerprint density at radius 2 is 2.14 bits per heavy atom. The second-order valence-electron chi connectivity index (χ2n) is 5.62. The van der Waals surface area contributed by atoms with Crippen molar-refractivity contribution in [1.29, 1.82) is 0 Å². The first-order valence-corrected chi connectivity index (χ1v) is 7.20. The van der Waals surface area contributed by atoms with Gasteiger partial charge in [-0.25, -0.2) is 4.98 Å². The summed E-state index contributed by atoms with van der Waals surface area (Å²) < 4.78 is 0. The van der Waals surface area contributed by atoms with Gasteiger partial charge in [0.05, 0.1) is 13.2 Å². The number of nitrogens with one attached hydrogen (secondary N) is 1. The summed E-state index contributed by atoms with van der Waals surface area (Å²) in [6.45, 7) is 0.415. The number of benzene rings is 1. The van der Waals surface area contributed by atoms with Crippen LogP contribution >= 0.6 is 0 Å². The molecule has 0 radical (unpaired) electrons. The van der Waals surface area contributed by atoms with Crippen LogP contribution in [-0.4, -0.2) is 61.5 Å². The fraction of sp³-hybridized carbons (Fsp3) is 0.400. The molecule has 0 spiro atoms. The van der Waals surface area contributed by atoms with E-state index in [1.165, 1.54) is 6.33 Å². The van der Waals surface area contributed by atoms with Crippen LogP contribution in [0.25, 0.3) is 11.4 Å². The molecule has 0 bridgehead atoms. The normalized spacial score (nSPS) is 21.8. The first-order chi connectivity index (χ1) is 10.6. The van der Waals surface area contributed by atoms with Gasteiger partial charge >= 0.3 is 0 Å². The molecule has 1 atom stereocenters. The molecular formula is C15H18N4O3. The number of nitrogens with zero attached hydrogens (tertiary/aromatic N) is 3. The van der Waals surface area contributed by atoms with E-state index in [0.29, 0.717) is 30.8 Å². The highest BCUT2D eigenvalue weighted by Gasteiger charge is 2.34. The highest BCUT2D eigenvalue weighted by atomic mass is 16.3. The summed E-state index contributed by atoms with van der Waals surface area (Å²) in [5.74, 6) is 0.502. The number of aromatic amines is 1. The largest absolute Gasteiger partial charge is 0.393 e. The van der Waals surface area contributed by atoms with Crippen LogP contribution in [0.4, 0.5) is 0 Å². The number of rotatable bonds is 3. The summed E-state index contributed by atoms with van der Waals surface area (Å²) in [5.41, 5.74) is 0.207. The number of piperidine rings is 1. The molecular weight excluding hydrogens is 284 g/mol. The van der Waals surface area contributed by atoms with Crippen molar-refractivity contribution in [3.8, 4) is 11.4 Å². The molecule has 7 nitrogen and oxygen atoms in total. The zero-order valence-corrected chi connectivity index (χ0v) is 12.1. The Bertz CT molecular complexity index is 641. The van der Waals surface area contributed by atoms with Crippen molar-refractivity contribution < 1.29 is 15.0 Å². The third-order valence-corrected chi connectivity index (χ3v) is 3.96. The molecule has 0 saturated carbocycles. The lowest BCUT2D eigenvalue weighted by molar-refractivity contribution is -0.0598. The Kier molecular flexibility index (Phi) is 3.91. The average molecular weight is 302 g/mol. The van der Waals surface area contributed by atoms with E-state index in [1.54, 1.807) is 29.2 Å². The zero-order chi connectivity index (χ0) is 15.6. The maximum absolute atomic E-state index is 12.5. The van der Waals surface area contributed by atoms with Crippen molar-refractivity contribution in [2.24, 2.45) is 0 Å². The molecule has 3 N–H and O–H groups in total. The molecule has 2 heterocycles. The molecule has 1 aromatic carbocycles. The zero-order valence-electron chi connectivity index (χ0n) is 12.1. The number of amides is 1. The number of hydrogen-bond donors (Lipinski definition) is 3. The van der Waals surface area contributed by atoms with Gasteiger partial charge < -0.3 is 15.1 Å². The highest BCUT2D eigenvalue weighted by Crippen LogP contribution is 2.23. The maximum Gasteiger partial charge on any atom is 0.253 e. The number of carbonyl (C=O) groups excluding carboxylic acids is 1. The summed E-state index contributed by atoms with van der Waals surface area (Å²) in [6, 6.07) is 7.06. The molecule has 1 aliphatic rings. The van der Waals surface area contributed by atoms with Gasteiger partial charge in [-0.2, -0.15) is 5.10 Å². The van der Waals surface area contributed by atoms with Crippen LogP contribution in [0.1, 0.15) is 23.2 Å². The van der Waals surface area contributed by atoms with Crippen LogP contribution in [0, 0.1) is 0 Å². The van der Waals surface area contributed by atoms with Gasteiger partial charge in [-0.3, -0.25) is 9.89 Å². The Morgan fingerprint density at radius 1 is 1.36 bits per heavy atom. The third kappa shape index (κ3) is 2.86. The van der Waals surface area contributed by atoms with E-state index < -0.39 is 5.60 Å². The lowest BCUT2D eigenvalue weighted by atomic mass is 9.93. The fourth-order valence-electron chi connectivity index (χ4n) is 2.71. The number of aliphatic hydroxyl groups is 2. The monoisotopic (exact) mass is 302 g/mol. The Balaban J connectivity index is 1.75. The molecule has 2 aromatic rings. The second kappa shape index (κ2) is 5.86. The SMILES string of the molecule is O=C(c1ccc(-c2ncn[nH]2)cc1)N1CCCC(O)(CO)C1. The van der Waals surface area contributed by atoms with E-state index in [1.807, 2.05) is 0 Å². The number of carbonyl (C=O) groups is 1. The van der Waals surface area contributed by atoms with Crippen molar-refractivity contribution in [3.05, 3.63) is 36.2 Å². The van der Waals surface area contributed by atoms with Crippen LogP contribution in [0.2, 0.25) is 0 Å². The molecule has 116 valence electrons. The van der Waals surface area contributed by atoms with Gasteiger partial charge in [0.15, 0.2) is 5.82 Å². The first kappa shape index (κ1) is 14.7. The minimum Gasteiger partial charge on any atom is -0.393 e. The summed E-state index contributed by atoms with van der Waals surface area (Å²) in [5, 5.41) is 26.0. The predicted molar refractivity (Wildman–Crippen MR) is 79.0 cm³/mol. The van der Waals surface area contributed by atoms with E-state index in [2.05, 4.69) is 15.2 Å².